The largest absolute Gasteiger partial charge is 0.479 e. The number of aliphatic hydroxyl groups excluding tert-OH is 2. The van der Waals surface area contributed by atoms with Gasteiger partial charge in [-0.15, -0.1) is 0 Å². The van der Waals surface area contributed by atoms with Crippen molar-refractivity contribution in [1.82, 2.24) is 0 Å². The highest BCUT2D eigenvalue weighted by atomic mass is 16.7. The van der Waals surface area contributed by atoms with Crippen LogP contribution < -0.4 is 0 Å². The Morgan fingerprint density at radius 3 is 1.32 bits per heavy atom. The van der Waals surface area contributed by atoms with E-state index < -0.39 is 67.3 Å². The number of unbranched alkanes of at least 4 members (excludes halogenated alkanes) is 31. The molecule has 6 unspecified atom stereocenters. The number of allylic oxidation sites excluding steroid dienone is 6. The Hall–Kier alpha value is -3.06. The van der Waals surface area contributed by atoms with Gasteiger partial charge in [0.1, 0.15) is 18.8 Å². The molecule has 6 atom stereocenters. The Bertz CT molecular complexity index is 1410. The molecule has 0 aromatic rings. The van der Waals surface area contributed by atoms with Gasteiger partial charge in [0.2, 0.25) is 0 Å². The van der Waals surface area contributed by atoms with Crippen molar-refractivity contribution < 1.29 is 58.2 Å². The van der Waals surface area contributed by atoms with Gasteiger partial charge in [-0.1, -0.05) is 243 Å². The van der Waals surface area contributed by atoms with E-state index in [1.807, 2.05) is 0 Å². The number of carbonyl (C=O) groups excluding carboxylic acids is 3. The molecule has 73 heavy (non-hydrogen) atoms. The Morgan fingerprint density at radius 1 is 0.466 bits per heavy atom. The first-order valence-corrected chi connectivity index (χ1v) is 30.0. The summed E-state index contributed by atoms with van der Waals surface area (Å²) in [6.07, 6.45) is 45.5. The maximum atomic E-state index is 13.1. The lowest BCUT2D eigenvalue weighted by Crippen LogP contribution is -2.61. The number of hydrogen-bond acceptors (Lipinski definition) is 11. The molecule has 1 rings (SSSR count). The van der Waals surface area contributed by atoms with Gasteiger partial charge in [-0.25, -0.2) is 4.79 Å². The number of carboxylic acids is 1. The first-order chi connectivity index (χ1) is 35.6. The van der Waals surface area contributed by atoms with Crippen LogP contribution in [0, 0.1) is 0 Å². The highest BCUT2D eigenvalue weighted by Gasteiger charge is 2.50. The summed E-state index contributed by atoms with van der Waals surface area (Å²) in [6, 6.07) is 0. The summed E-state index contributed by atoms with van der Waals surface area (Å²) >= 11 is 0. The fraction of sp³-hybridized carbons (Fsp3) is 0.836. The monoisotopic (exact) mass is 1030 g/mol. The minimum Gasteiger partial charge on any atom is -0.479 e. The van der Waals surface area contributed by atoms with Crippen molar-refractivity contribution in [3.8, 4) is 0 Å². The zero-order valence-electron chi connectivity index (χ0n) is 46.6. The van der Waals surface area contributed by atoms with Crippen molar-refractivity contribution in [3.05, 3.63) is 36.5 Å². The quantitative estimate of drug-likeness (QED) is 0.0228. The molecule has 0 aromatic heterocycles. The third-order valence-electron chi connectivity index (χ3n) is 13.7. The van der Waals surface area contributed by atoms with Gasteiger partial charge in [0.15, 0.2) is 24.6 Å². The molecule has 0 radical (unpaired) electrons. The van der Waals surface area contributed by atoms with Crippen LogP contribution in [0.3, 0.4) is 0 Å². The van der Waals surface area contributed by atoms with Crippen LogP contribution in [0.4, 0.5) is 0 Å². The second-order valence-corrected chi connectivity index (χ2v) is 20.6. The molecule has 424 valence electrons. The average molecular weight is 1030 g/mol. The molecule has 12 heteroatoms. The molecule has 0 bridgehead atoms. The lowest BCUT2D eigenvalue weighted by molar-refractivity contribution is -0.301. The third-order valence-corrected chi connectivity index (χ3v) is 13.7. The molecule has 1 saturated heterocycles. The van der Waals surface area contributed by atoms with E-state index in [0.29, 0.717) is 19.3 Å². The molecule has 3 N–H and O–H groups in total. The fourth-order valence-corrected chi connectivity index (χ4v) is 9.15. The molecule has 0 aliphatic carbocycles. The Labute approximate surface area is 444 Å². The Kier molecular flexibility index (Phi) is 46.4. The molecule has 0 aromatic carbocycles. The number of aliphatic hydroxyl groups is 2. The summed E-state index contributed by atoms with van der Waals surface area (Å²) in [7, 11) is 0. The summed E-state index contributed by atoms with van der Waals surface area (Å²) in [5, 5.41) is 31.5. The van der Waals surface area contributed by atoms with Crippen LogP contribution in [0.25, 0.3) is 0 Å². The summed E-state index contributed by atoms with van der Waals surface area (Å²) in [6.45, 7) is 5.87. The number of carboxylic acid groups (broad SMARTS) is 1. The van der Waals surface area contributed by atoms with Crippen molar-refractivity contribution >= 4 is 23.9 Å². The fourth-order valence-electron chi connectivity index (χ4n) is 9.15. The minimum absolute atomic E-state index is 0.0637. The Balaban J connectivity index is 2.64. The standard InChI is InChI=1S/C61H108O12/c1-4-7-10-13-16-19-22-24-25-26-27-28-29-31-34-37-40-43-46-49-55(64)72-59-57(66)56(65)58(60(67)68)73-61(59)70-51-52(71-54(63)48-45-42-39-36-32-21-18-15-12-9-6-3)50-69-53(62)47-44-41-38-35-33-30-23-20-17-14-11-8-5-2/h8,11,17,20,30,33,52,56-59,61,65-66H,4-7,9-10,12-16,18-19,21-29,31-32,34-51H2,1-3H3,(H,67,68)/b11-8-,20-17-,33-30-. The van der Waals surface area contributed by atoms with Crippen molar-refractivity contribution in [1.29, 1.82) is 0 Å². The number of esters is 3. The van der Waals surface area contributed by atoms with E-state index in [4.69, 9.17) is 23.7 Å². The average Bonchev–Trinajstić information content (AvgIpc) is 3.37. The van der Waals surface area contributed by atoms with Gasteiger partial charge in [-0.05, 0) is 51.4 Å². The molecule has 1 aliphatic rings. The van der Waals surface area contributed by atoms with Gasteiger partial charge in [-0.3, -0.25) is 14.4 Å². The highest BCUT2D eigenvalue weighted by Crippen LogP contribution is 2.27. The molecule has 0 amide bonds. The zero-order chi connectivity index (χ0) is 53.3. The smallest absolute Gasteiger partial charge is 0.335 e. The lowest BCUT2D eigenvalue weighted by atomic mass is 9.98. The van der Waals surface area contributed by atoms with Crippen LogP contribution >= 0.6 is 0 Å². The minimum atomic E-state index is -1.90. The van der Waals surface area contributed by atoms with Crippen LogP contribution in [-0.4, -0.2) is 89.2 Å². The van der Waals surface area contributed by atoms with E-state index >= 15 is 0 Å². The van der Waals surface area contributed by atoms with Crippen molar-refractivity contribution in [2.24, 2.45) is 0 Å². The van der Waals surface area contributed by atoms with Crippen LogP contribution in [0.15, 0.2) is 36.5 Å². The zero-order valence-corrected chi connectivity index (χ0v) is 46.6. The maximum Gasteiger partial charge on any atom is 0.335 e. The van der Waals surface area contributed by atoms with Crippen molar-refractivity contribution in [2.75, 3.05) is 13.2 Å². The van der Waals surface area contributed by atoms with Crippen LogP contribution in [-0.2, 0) is 42.9 Å². The molecule has 0 spiro atoms. The third kappa shape index (κ3) is 39.9. The number of hydrogen-bond donors (Lipinski definition) is 3. The summed E-state index contributed by atoms with van der Waals surface area (Å²) < 4.78 is 28.4. The number of rotatable bonds is 51. The van der Waals surface area contributed by atoms with Gasteiger partial charge in [0, 0.05) is 19.3 Å². The molecule has 12 nitrogen and oxygen atoms in total. The topological polar surface area (TPSA) is 175 Å². The van der Waals surface area contributed by atoms with Gasteiger partial charge in [0.05, 0.1) is 6.61 Å². The Morgan fingerprint density at radius 2 is 0.863 bits per heavy atom. The van der Waals surface area contributed by atoms with Gasteiger partial charge < -0.3 is 39.0 Å². The highest BCUT2D eigenvalue weighted by molar-refractivity contribution is 5.74. The molecule has 0 saturated carbocycles. The first-order valence-electron chi connectivity index (χ1n) is 30.0. The van der Waals surface area contributed by atoms with Crippen molar-refractivity contribution in [3.63, 3.8) is 0 Å². The van der Waals surface area contributed by atoms with E-state index in [2.05, 4.69) is 57.2 Å². The van der Waals surface area contributed by atoms with E-state index in [1.54, 1.807) is 0 Å². The summed E-state index contributed by atoms with van der Waals surface area (Å²) in [5.74, 6) is -3.13. The van der Waals surface area contributed by atoms with E-state index in [0.717, 1.165) is 77.0 Å². The van der Waals surface area contributed by atoms with E-state index in [1.165, 1.54) is 141 Å². The van der Waals surface area contributed by atoms with E-state index in [-0.39, 0.29) is 25.9 Å². The van der Waals surface area contributed by atoms with Crippen LogP contribution in [0.2, 0.25) is 0 Å². The SMILES string of the molecule is CC/C=C\C/C=C\C/C=C\CCCCCC(=O)OCC(COC1OC(C(=O)O)C(O)C(O)C1OC(=O)CCCCCCCCCCCCCCCCCCCCC)OC(=O)CCCCCCCCCCCCC. The van der Waals surface area contributed by atoms with Gasteiger partial charge in [-0.2, -0.15) is 0 Å². The maximum absolute atomic E-state index is 13.1. The molecular weight excluding hydrogens is 925 g/mol. The van der Waals surface area contributed by atoms with Crippen LogP contribution in [0.5, 0.6) is 0 Å². The number of aliphatic carboxylic acids is 1. The first kappa shape index (κ1) is 68.0. The number of carbonyl (C=O) groups is 4. The molecule has 1 heterocycles. The molecule has 1 aliphatic heterocycles. The predicted molar refractivity (Wildman–Crippen MR) is 294 cm³/mol. The van der Waals surface area contributed by atoms with Gasteiger partial charge in [0.25, 0.3) is 0 Å². The molecular formula is C61H108O12. The van der Waals surface area contributed by atoms with E-state index in [9.17, 15) is 34.5 Å². The summed E-state index contributed by atoms with van der Waals surface area (Å²) in [4.78, 5) is 51.0. The molecule has 1 fully saturated rings. The van der Waals surface area contributed by atoms with Crippen LogP contribution in [0.1, 0.15) is 278 Å². The normalized spacial score (nSPS) is 18.5. The summed E-state index contributed by atoms with van der Waals surface area (Å²) in [5.41, 5.74) is 0. The van der Waals surface area contributed by atoms with Crippen molar-refractivity contribution in [2.45, 2.75) is 314 Å². The lowest BCUT2D eigenvalue weighted by Gasteiger charge is -2.40. The van der Waals surface area contributed by atoms with Gasteiger partial charge >= 0.3 is 23.9 Å². The predicted octanol–water partition coefficient (Wildman–Crippen LogP) is 15.2. The second kappa shape index (κ2) is 49.8. The number of ether oxygens (including phenoxy) is 5. The second-order valence-electron chi connectivity index (χ2n) is 20.6.